The molecule has 3 heteroatoms. The second kappa shape index (κ2) is 13.9. The summed E-state index contributed by atoms with van der Waals surface area (Å²) in [6.07, 6.45) is 13.5. The fourth-order valence-electron chi connectivity index (χ4n) is 2.30. The van der Waals surface area contributed by atoms with Gasteiger partial charge in [-0.25, -0.2) is 0 Å². The summed E-state index contributed by atoms with van der Waals surface area (Å²) in [5, 5.41) is 18.2. The molecule has 0 rings (SSSR count). The molecule has 0 heterocycles. The smallest absolute Gasteiger partial charge is 0.303 e. The fourth-order valence-corrected chi connectivity index (χ4v) is 2.30. The van der Waals surface area contributed by atoms with Gasteiger partial charge < -0.3 is 10.2 Å². The molecule has 2 N–H and O–H groups in total. The van der Waals surface area contributed by atoms with Gasteiger partial charge >= 0.3 is 5.97 Å². The summed E-state index contributed by atoms with van der Waals surface area (Å²) in [6, 6.07) is 0. The van der Waals surface area contributed by atoms with Crippen LogP contribution in [0.1, 0.15) is 90.4 Å². The lowest BCUT2D eigenvalue weighted by molar-refractivity contribution is -0.137. The van der Waals surface area contributed by atoms with E-state index in [2.05, 4.69) is 6.92 Å². The molecule has 114 valence electrons. The van der Waals surface area contributed by atoms with Gasteiger partial charge in [0.15, 0.2) is 0 Å². The summed E-state index contributed by atoms with van der Waals surface area (Å²) in [6.45, 7) is 2.16. The molecule has 0 bridgehead atoms. The molecule has 0 aliphatic heterocycles. The molecule has 0 radical (unpaired) electrons. The number of hydrogen-bond donors (Lipinski definition) is 2. The van der Waals surface area contributed by atoms with Crippen molar-refractivity contribution >= 4 is 5.97 Å². The molecule has 0 amide bonds. The van der Waals surface area contributed by atoms with Crippen LogP contribution >= 0.6 is 0 Å². The molecule has 0 saturated carbocycles. The van der Waals surface area contributed by atoms with E-state index in [1.807, 2.05) is 0 Å². The van der Waals surface area contributed by atoms with E-state index in [1.54, 1.807) is 0 Å². The van der Waals surface area contributed by atoms with Gasteiger partial charge in [0, 0.05) is 6.42 Å². The average Bonchev–Trinajstić information content (AvgIpc) is 2.38. The zero-order chi connectivity index (χ0) is 14.3. The molecular weight excluding hydrogens is 240 g/mol. The van der Waals surface area contributed by atoms with E-state index >= 15 is 0 Å². The lowest BCUT2D eigenvalue weighted by atomic mass is 10.0. The third kappa shape index (κ3) is 15.4. The second-order valence-corrected chi connectivity index (χ2v) is 5.56. The van der Waals surface area contributed by atoms with Gasteiger partial charge in [0.25, 0.3) is 0 Å². The number of aliphatic hydroxyl groups is 1. The Morgan fingerprint density at radius 3 is 1.84 bits per heavy atom. The Morgan fingerprint density at radius 2 is 1.32 bits per heavy atom. The highest BCUT2D eigenvalue weighted by molar-refractivity contribution is 5.66. The van der Waals surface area contributed by atoms with Gasteiger partial charge in [-0.05, 0) is 19.3 Å². The minimum atomic E-state index is -0.679. The van der Waals surface area contributed by atoms with Crippen molar-refractivity contribution < 1.29 is 15.0 Å². The first-order valence-electron chi connectivity index (χ1n) is 8.06. The number of unbranched alkanes of at least 4 members (excludes halogenated alkanes) is 8. The summed E-state index contributed by atoms with van der Waals surface area (Å²) >= 11 is 0. The lowest BCUT2D eigenvalue weighted by Gasteiger charge is -2.09. The molecule has 0 aromatic carbocycles. The Labute approximate surface area is 118 Å². The standard InChI is InChI=1S/C16H32O3/c1-2-3-12-15(17)13-10-8-6-4-5-7-9-11-14-16(18)19/h15,17H,2-14H2,1H3,(H,18,19). The van der Waals surface area contributed by atoms with Gasteiger partial charge in [0.2, 0.25) is 0 Å². The topological polar surface area (TPSA) is 57.5 Å². The highest BCUT2D eigenvalue weighted by Crippen LogP contribution is 2.13. The Bertz CT molecular complexity index is 204. The van der Waals surface area contributed by atoms with Crippen LogP contribution in [-0.2, 0) is 4.79 Å². The number of carboxylic acid groups (broad SMARTS) is 1. The molecule has 3 nitrogen and oxygen atoms in total. The van der Waals surface area contributed by atoms with Crippen molar-refractivity contribution in [3.63, 3.8) is 0 Å². The van der Waals surface area contributed by atoms with Gasteiger partial charge in [0.1, 0.15) is 0 Å². The monoisotopic (exact) mass is 272 g/mol. The number of aliphatic hydroxyl groups excluding tert-OH is 1. The molecule has 0 aromatic heterocycles. The zero-order valence-electron chi connectivity index (χ0n) is 12.6. The maximum absolute atomic E-state index is 10.3. The summed E-state index contributed by atoms with van der Waals surface area (Å²) in [4.78, 5) is 10.3. The van der Waals surface area contributed by atoms with Crippen LogP contribution in [-0.4, -0.2) is 22.3 Å². The van der Waals surface area contributed by atoms with E-state index in [0.29, 0.717) is 6.42 Å². The van der Waals surface area contributed by atoms with Crippen molar-refractivity contribution in [2.45, 2.75) is 96.5 Å². The first kappa shape index (κ1) is 18.4. The quantitative estimate of drug-likeness (QED) is 0.457. The number of carboxylic acids is 1. The third-order valence-corrected chi connectivity index (χ3v) is 3.57. The first-order valence-corrected chi connectivity index (χ1v) is 8.06. The molecule has 0 fully saturated rings. The van der Waals surface area contributed by atoms with Crippen LogP contribution in [0.2, 0.25) is 0 Å². The second-order valence-electron chi connectivity index (χ2n) is 5.56. The summed E-state index contributed by atoms with van der Waals surface area (Å²) < 4.78 is 0. The van der Waals surface area contributed by atoms with E-state index in [4.69, 9.17) is 5.11 Å². The van der Waals surface area contributed by atoms with Gasteiger partial charge in [-0.15, -0.1) is 0 Å². The van der Waals surface area contributed by atoms with Crippen LogP contribution in [0.3, 0.4) is 0 Å². The van der Waals surface area contributed by atoms with Crippen LogP contribution in [0.5, 0.6) is 0 Å². The van der Waals surface area contributed by atoms with Crippen molar-refractivity contribution in [2.75, 3.05) is 0 Å². The summed E-state index contributed by atoms with van der Waals surface area (Å²) in [7, 11) is 0. The number of aliphatic carboxylic acids is 1. The number of hydrogen-bond acceptors (Lipinski definition) is 2. The van der Waals surface area contributed by atoms with E-state index in [0.717, 1.165) is 44.9 Å². The maximum atomic E-state index is 10.3. The molecule has 1 atom stereocenters. The van der Waals surface area contributed by atoms with E-state index in [1.165, 1.54) is 32.1 Å². The SMILES string of the molecule is CCCCC(O)CCCCCCCCCCC(=O)O. The van der Waals surface area contributed by atoms with Crippen LogP contribution in [0.15, 0.2) is 0 Å². The molecule has 1 unspecified atom stereocenters. The van der Waals surface area contributed by atoms with E-state index < -0.39 is 5.97 Å². The normalized spacial score (nSPS) is 12.5. The third-order valence-electron chi connectivity index (χ3n) is 3.57. The molecular formula is C16H32O3. The predicted molar refractivity (Wildman–Crippen MR) is 79.3 cm³/mol. The molecule has 0 saturated heterocycles. The predicted octanol–water partition coefficient (Wildman–Crippen LogP) is 4.52. The largest absolute Gasteiger partial charge is 0.481 e. The van der Waals surface area contributed by atoms with Crippen LogP contribution in [0, 0.1) is 0 Å². The molecule has 0 aromatic rings. The van der Waals surface area contributed by atoms with Crippen LogP contribution in [0.25, 0.3) is 0 Å². The summed E-state index contributed by atoms with van der Waals surface area (Å²) in [5.74, 6) is -0.679. The Hall–Kier alpha value is -0.570. The van der Waals surface area contributed by atoms with Crippen LogP contribution < -0.4 is 0 Å². The first-order chi connectivity index (χ1) is 9.16. The summed E-state index contributed by atoms with van der Waals surface area (Å²) in [5.41, 5.74) is 0. The van der Waals surface area contributed by atoms with Crippen molar-refractivity contribution in [1.29, 1.82) is 0 Å². The fraction of sp³-hybridized carbons (Fsp3) is 0.938. The highest BCUT2D eigenvalue weighted by atomic mass is 16.4. The number of rotatable bonds is 14. The Kier molecular flexibility index (Phi) is 13.4. The van der Waals surface area contributed by atoms with Gasteiger partial charge in [0.05, 0.1) is 6.10 Å². The average molecular weight is 272 g/mol. The van der Waals surface area contributed by atoms with Crippen molar-refractivity contribution in [2.24, 2.45) is 0 Å². The van der Waals surface area contributed by atoms with Gasteiger partial charge in [-0.3, -0.25) is 4.79 Å². The van der Waals surface area contributed by atoms with Crippen molar-refractivity contribution in [3.05, 3.63) is 0 Å². The van der Waals surface area contributed by atoms with E-state index in [-0.39, 0.29) is 6.10 Å². The number of carbonyl (C=O) groups is 1. The Morgan fingerprint density at radius 1 is 0.842 bits per heavy atom. The minimum Gasteiger partial charge on any atom is -0.481 e. The molecule has 0 spiro atoms. The van der Waals surface area contributed by atoms with Gasteiger partial charge in [-0.1, -0.05) is 64.7 Å². The Balaban J connectivity index is 3.08. The highest BCUT2D eigenvalue weighted by Gasteiger charge is 2.02. The maximum Gasteiger partial charge on any atom is 0.303 e. The van der Waals surface area contributed by atoms with Crippen molar-refractivity contribution in [3.8, 4) is 0 Å². The zero-order valence-corrected chi connectivity index (χ0v) is 12.6. The van der Waals surface area contributed by atoms with Crippen LogP contribution in [0.4, 0.5) is 0 Å². The molecule has 0 aliphatic rings. The molecule has 0 aliphatic carbocycles. The van der Waals surface area contributed by atoms with E-state index in [9.17, 15) is 9.90 Å². The minimum absolute atomic E-state index is 0.0871. The molecule has 19 heavy (non-hydrogen) atoms. The lowest BCUT2D eigenvalue weighted by Crippen LogP contribution is -2.05. The van der Waals surface area contributed by atoms with Gasteiger partial charge in [-0.2, -0.15) is 0 Å². The van der Waals surface area contributed by atoms with Crippen molar-refractivity contribution in [1.82, 2.24) is 0 Å².